The Morgan fingerprint density at radius 3 is 2.60 bits per heavy atom. The van der Waals surface area contributed by atoms with Crippen molar-refractivity contribution < 1.29 is 14.2 Å². The Balaban J connectivity index is 1.33. The molecule has 0 radical (unpaired) electrons. The van der Waals surface area contributed by atoms with Crippen LogP contribution < -0.4 is 15.0 Å². The molecule has 0 bridgehead atoms. The van der Waals surface area contributed by atoms with Crippen LogP contribution >= 0.6 is 0 Å². The maximum absolute atomic E-state index is 5.85. The average Bonchev–Trinajstić information content (AvgIpc) is 3.12. The molecule has 0 amide bonds. The molecule has 1 unspecified atom stereocenters. The van der Waals surface area contributed by atoms with Crippen LogP contribution in [0.1, 0.15) is 38.5 Å². The topological polar surface area (TPSA) is 43.0 Å². The van der Waals surface area contributed by atoms with Gasteiger partial charge in [0.1, 0.15) is 5.75 Å². The zero-order chi connectivity index (χ0) is 17.1. The Labute approximate surface area is 150 Å². The molecule has 0 aromatic heterocycles. The zero-order valence-electron chi connectivity index (χ0n) is 15.2. The number of anilines is 1. The minimum atomic E-state index is -0.256. The smallest absolute Gasteiger partial charge is 0.168 e. The summed E-state index contributed by atoms with van der Waals surface area (Å²) in [5, 5.41) is 3.91. The summed E-state index contributed by atoms with van der Waals surface area (Å²) in [7, 11) is 1.75. The monoisotopic (exact) mass is 346 g/mol. The Morgan fingerprint density at radius 2 is 1.84 bits per heavy atom. The Bertz CT molecular complexity index is 564. The van der Waals surface area contributed by atoms with Gasteiger partial charge in [0.2, 0.25) is 0 Å². The number of benzene rings is 1. The minimum Gasteiger partial charge on any atom is -0.495 e. The molecular formula is C20H30N2O3. The molecule has 1 aromatic rings. The van der Waals surface area contributed by atoms with Gasteiger partial charge in [-0.3, -0.25) is 0 Å². The molecule has 138 valence electrons. The van der Waals surface area contributed by atoms with Crippen molar-refractivity contribution >= 4 is 5.69 Å². The van der Waals surface area contributed by atoms with Gasteiger partial charge in [0, 0.05) is 38.0 Å². The number of ether oxygens (including phenoxy) is 3. The number of para-hydroxylation sites is 2. The lowest BCUT2D eigenvalue weighted by molar-refractivity contribution is -0.179. The van der Waals surface area contributed by atoms with Gasteiger partial charge in [-0.05, 0) is 37.8 Å². The first-order valence-electron chi connectivity index (χ1n) is 9.70. The summed E-state index contributed by atoms with van der Waals surface area (Å²) in [5.41, 5.74) is 1.21. The maximum atomic E-state index is 5.85. The molecule has 1 aliphatic carbocycles. The van der Waals surface area contributed by atoms with E-state index in [1.165, 1.54) is 18.5 Å². The molecule has 5 heteroatoms. The van der Waals surface area contributed by atoms with E-state index in [2.05, 4.69) is 28.4 Å². The number of rotatable bonds is 4. The third kappa shape index (κ3) is 3.78. The highest BCUT2D eigenvalue weighted by Crippen LogP contribution is 2.36. The molecule has 1 saturated carbocycles. The largest absolute Gasteiger partial charge is 0.495 e. The van der Waals surface area contributed by atoms with Crippen molar-refractivity contribution in [3.63, 3.8) is 0 Å². The molecule has 3 fully saturated rings. The first-order valence-corrected chi connectivity index (χ1v) is 9.70. The van der Waals surface area contributed by atoms with Crippen LogP contribution in [0.2, 0.25) is 0 Å². The van der Waals surface area contributed by atoms with Gasteiger partial charge in [-0.15, -0.1) is 0 Å². The zero-order valence-corrected chi connectivity index (χ0v) is 15.2. The summed E-state index contributed by atoms with van der Waals surface area (Å²) in [4.78, 5) is 2.47. The highest BCUT2D eigenvalue weighted by molar-refractivity contribution is 5.58. The van der Waals surface area contributed by atoms with E-state index in [4.69, 9.17) is 14.2 Å². The Morgan fingerprint density at radius 1 is 1.08 bits per heavy atom. The van der Waals surface area contributed by atoms with Crippen LogP contribution in [0.4, 0.5) is 5.69 Å². The van der Waals surface area contributed by atoms with Crippen LogP contribution in [0.3, 0.4) is 0 Å². The van der Waals surface area contributed by atoms with E-state index in [9.17, 15) is 0 Å². The molecule has 1 atom stereocenters. The van der Waals surface area contributed by atoms with Crippen LogP contribution in [0.15, 0.2) is 24.3 Å². The number of hydrogen-bond donors (Lipinski definition) is 1. The number of methoxy groups -OCH3 is 1. The summed E-state index contributed by atoms with van der Waals surface area (Å²) >= 11 is 0. The summed E-state index contributed by atoms with van der Waals surface area (Å²) in [6.45, 7) is 3.67. The van der Waals surface area contributed by atoms with Crippen LogP contribution in [0.5, 0.6) is 5.75 Å². The van der Waals surface area contributed by atoms with Crippen molar-refractivity contribution in [2.75, 3.05) is 38.3 Å². The Kier molecular flexibility index (Phi) is 5.15. The number of nitrogens with one attached hydrogen (secondary N) is 1. The number of hydrogen-bond acceptors (Lipinski definition) is 5. The van der Waals surface area contributed by atoms with Gasteiger partial charge in [-0.1, -0.05) is 12.1 Å². The maximum Gasteiger partial charge on any atom is 0.168 e. The van der Waals surface area contributed by atoms with Crippen LogP contribution in [-0.4, -0.2) is 51.3 Å². The summed E-state index contributed by atoms with van der Waals surface area (Å²) < 4.78 is 17.2. The van der Waals surface area contributed by atoms with Crippen LogP contribution in [0, 0.1) is 0 Å². The lowest BCUT2D eigenvalue weighted by Crippen LogP contribution is -2.51. The first kappa shape index (κ1) is 17.1. The lowest BCUT2D eigenvalue weighted by Gasteiger charge is -2.40. The van der Waals surface area contributed by atoms with E-state index in [1.54, 1.807) is 7.11 Å². The van der Waals surface area contributed by atoms with Gasteiger partial charge in [0.05, 0.1) is 26.0 Å². The fourth-order valence-electron chi connectivity index (χ4n) is 4.57. The fourth-order valence-corrected chi connectivity index (χ4v) is 4.57. The van der Waals surface area contributed by atoms with Gasteiger partial charge in [-0.25, -0.2) is 0 Å². The SMILES string of the molecule is COc1ccccc1N1CCCC(NC2CCC3(CC2)OCCO3)C1. The van der Waals surface area contributed by atoms with E-state index in [1.807, 2.05) is 6.07 Å². The molecule has 2 aliphatic heterocycles. The van der Waals surface area contributed by atoms with Crippen molar-refractivity contribution in [2.45, 2.75) is 56.4 Å². The predicted molar refractivity (Wildman–Crippen MR) is 98.3 cm³/mol. The van der Waals surface area contributed by atoms with E-state index < -0.39 is 0 Å². The first-order chi connectivity index (χ1) is 12.3. The van der Waals surface area contributed by atoms with E-state index in [0.717, 1.165) is 57.7 Å². The molecule has 5 nitrogen and oxygen atoms in total. The Hall–Kier alpha value is -1.30. The summed E-state index contributed by atoms with van der Waals surface area (Å²) in [5.74, 6) is 0.715. The second kappa shape index (κ2) is 7.52. The molecule has 3 aliphatic rings. The van der Waals surface area contributed by atoms with Crippen LogP contribution in [-0.2, 0) is 9.47 Å². The van der Waals surface area contributed by atoms with Gasteiger partial charge >= 0.3 is 0 Å². The third-order valence-electron chi connectivity index (χ3n) is 5.88. The highest BCUT2D eigenvalue weighted by atomic mass is 16.7. The normalized spacial score (nSPS) is 26.9. The third-order valence-corrected chi connectivity index (χ3v) is 5.88. The number of nitrogens with zero attached hydrogens (tertiary/aromatic N) is 1. The van der Waals surface area contributed by atoms with Crippen molar-refractivity contribution in [1.29, 1.82) is 0 Å². The molecule has 25 heavy (non-hydrogen) atoms. The average molecular weight is 346 g/mol. The van der Waals surface area contributed by atoms with Gasteiger partial charge < -0.3 is 24.4 Å². The number of piperidine rings is 1. The lowest BCUT2D eigenvalue weighted by atomic mass is 9.89. The van der Waals surface area contributed by atoms with Crippen LogP contribution in [0.25, 0.3) is 0 Å². The quantitative estimate of drug-likeness (QED) is 0.908. The standard InChI is InChI=1S/C20H30N2O3/c1-23-19-7-3-2-6-18(19)22-12-4-5-17(15-22)21-16-8-10-20(11-9-16)24-13-14-25-20/h2-3,6-7,16-17,21H,4-5,8-15H2,1H3. The minimum absolute atomic E-state index is 0.256. The molecule has 1 spiro atoms. The van der Waals surface area contributed by atoms with E-state index >= 15 is 0 Å². The molecule has 2 heterocycles. The van der Waals surface area contributed by atoms with Crippen molar-refractivity contribution in [3.05, 3.63) is 24.3 Å². The molecule has 1 aromatic carbocycles. The predicted octanol–water partition coefficient (Wildman–Crippen LogP) is 2.94. The van der Waals surface area contributed by atoms with Crippen molar-refractivity contribution in [3.8, 4) is 5.75 Å². The summed E-state index contributed by atoms with van der Waals surface area (Å²) in [6.07, 6.45) is 6.80. The van der Waals surface area contributed by atoms with Gasteiger partial charge in [-0.2, -0.15) is 0 Å². The fraction of sp³-hybridized carbons (Fsp3) is 0.700. The van der Waals surface area contributed by atoms with Gasteiger partial charge in [0.25, 0.3) is 0 Å². The summed E-state index contributed by atoms with van der Waals surface area (Å²) in [6, 6.07) is 9.48. The second-order valence-corrected chi connectivity index (χ2v) is 7.51. The highest BCUT2D eigenvalue weighted by Gasteiger charge is 2.40. The molecule has 1 N–H and O–H groups in total. The van der Waals surface area contributed by atoms with E-state index in [-0.39, 0.29) is 5.79 Å². The molecule has 2 saturated heterocycles. The van der Waals surface area contributed by atoms with Crippen molar-refractivity contribution in [1.82, 2.24) is 5.32 Å². The molecular weight excluding hydrogens is 316 g/mol. The van der Waals surface area contributed by atoms with Gasteiger partial charge in [0.15, 0.2) is 5.79 Å². The van der Waals surface area contributed by atoms with E-state index in [0.29, 0.717) is 12.1 Å². The second-order valence-electron chi connectivity index (χ2n) is 7.51. The molecule has 4 rings (SSSR count). The van der Waals surface area contributed by atoms with Crippen molar-refractivity contribution in [2.24, 2.45) is 0 Å².